The molecule has 7 atom stereocenters. The van der Waals surface area contributed by atoms with Crippen molar-refractivity contribution < 1.29 is 59.1 Å². The highest BCUT2D eigenvalue weighted by Crippen LogP contribution is 2.08. The Hall–Kier alpha value is -4.61. The maximum Gasteiger partial charge on any atom is 0.328 e. The molecule has 4 amide bonds. The third kappa shape index (κ3) is 17.6. The minimum atomic E-state index is -1.57. The van der Waals surface area contributed by atoms with Gasteiger partial charge in [0.25, 0.3) is 0 Å². The van der Waals surface area contributed by atoms with Gasteiger partial charge in [-0.25, -0.2) is 9.59 Å². The van der Waals surface area contributed by atoms with Gasteiger partial charge in [-0.3, -0.25) is 24.0 Å². The fourth-order valence-electron chi connectivity index (χ4n) is 3.83. The molecule has 0 saturated carbocycles. The lowest BCUT2D eigenvalue weighted by Crippen LogP contribution is -2.55. The van der Waals surface area contributed by atoms with Crippen LogP contribution in [0.1, 0.15) is 58.9 Å². The van der Waals surface area contributed by atoms with E-state index in [0.29, 0.717) is 6.42 Å². The van der Waals surface area contributed by atoms with E-state index in [4.69, 9.17) is 31.3 Å². The quantitative estimate of drug-likeness (QED) is 0.0790. The maximum absolute atomic E-state index is 12.3. The summed E-state index contributed by atoms with van der Waals surface area (Å²) in [6.07, 6.45) is -0.775. The van der Waals surface area contributed by atoms with Crippen LogP contribution in [0.15, 0.2) is 30.3 Å². The molecule has 17 nitrogen and oxygen atoms in total. The predicted molar refractivity (Wildman–Crippen MR) is 166 cm³/mol. The van der Waals surface area contributed by atoms with Gasteiger partial charge in [0, 0.05) is 6.42 Å². The van der Waals surface area contributed by atoms with Crippen LogP contribution in [-0.2, 0) is 40.0 Å². The Morgan fingerprint density at radius 3 is 1.83 bits per heavy atom. The molecule has 0 heterocycles. The highest BCUT2D eigenvalue weighted by Gasteiger charge is 2.29. The number of hydrogen-bond donors (Lipinski definition) is 10. The number of carbonyl (C=O) groups excluding carboxylic acids is 4. The van der Waals surface area contributed by atoms with Gasteiger partial charge in [0.2, 0.25) is 23.6 Å². The number of nitrogens with one attached hydrogen (secondary N) is 4. The zero-order valence-electron chi connectivity index (χ0n) is 26.8. The lowest BCUT2D eigenvalue weighted by Gasteiger charge is -2.22. The third-order valence-corrected chi connectivity index (χ3v) is 6.74. The first-order valence-corrected chi connectivity index (χ1v) is 14.9. The molecular formula is C30H47N5O12. The number of carboxylic acids is 3. The predicted octanol–water partition coefficient (Wildman–Crippen LogP) is -1.65. The van der Waals surface area contributed by atoms with Gasteiger partial charge in [-0.2, -0.15) is 0 Å². The smallest absolute Gasteiger partial charge is 0.328 e. The van der Waals surface area contributed by atoms with Gasteiger partial charge in [-0.15, -0.1) is 0 Å². The van der Waals surface area contributed by atoms with Crippen LogP contribution in [0.3, 0.4) is 0 Å². The topological polar surface area (TPSA) is 295 Å². The number of aliphatic carboxylic acids is 3. The van der Waals surface area contributed by atoms with Crippen LogP contribution < -0.4 is 27.0 Å². The SMILES string of the molecule is CCC(C)C(NC(=O)C(C)NC(=O)CC(C)O)C(=O)O.NC(Cc1ccccc1)C(=O)NC(CCC(=O)O)C(=O)NC(CO)C(=O)O. The number of aliphatic hydroxyl groups excluding tert-OH is 2. The summed E-state index contributed by atoms with van der Waals surface area (Å²) in [6.45, 7) is 5.64. The highest BCUT2D eigenvalue weighted by molar-refractivity contribution is 5.92. The molecule has 1 aromatic carbocycles. The molecule has 0 aliphatic heterocycles. The van der Waals surface area contributed by atoms with E-state index in [-0.39, 0.29) is 25.2 Å². The van der Waals surface area contributed by atoms with E-state index < -0.39 is 90.9 Å². The summed E-state index contributed by atoms with van der Waals surface area (Å²) in [6, 6.07) is 3.23. The van der Waals surface area contributed by atoms with Crippen LogP contribution in [0.2, 0.25) is 0 Å². The normalized spacial score (nSPS) is 15.0. The number of amides is 4. The van der Waals surface area contributed by atoms with E-state index in [9.17, 15) is 33.6 Å². The fourth-order valence-corrected chi connectivity index (χ4v) is 3.83. The van der Waals surface area contributed by atoms with Crippen LogP contribution >= 0.6 is 0 Å². The Balaban J connectivity index is 0.000000945. The number of carboxylic acid groups (broad SMARTS) is 3. The van der Waals surface area contributed by atoms with Crippen molar-refractivity contribution in [2.45, 2.75) is 96.1 Å². The molecule has 0 aromatic heterocycles. The fraction of sp³-hybridized carbons (Fsp3) is 0.567. The van der Waals surface area contributed by atoms with E-state index in [1.165, 1.54) is 13.8 Å². The first-order valence-electron chi connectivity index (χ1n) is 14.9. The molecule has 0 aliphatic carbocycles. The summed E-state index contributed by atoms with van der Waals surface area (Å²) in [5.74, 6) is -6.58. The van der Waals surface area contributed by atoms with Crippen molar-refractivity contribution in [3.8, 4) is 0 Å². The Kier molecular flexibility index (Phi) is 19.8. The molecule has 1 aromatic rings. The van der Waals surface area contributed by atoms with Gasteiger partial charge in [0.05, 0.1) is 25.2 Å². The molecule has 0 radical (unpaired) electrons. The van der Waals surface area contributed by atoms with Crippen molar-refractivity contribution in [3.05, 3.63) is 35.9 Å². The minimum absolute atomic E-state index is 0.106. The molecule has 47 heavy (non-hydrogen) atoms. The summed E-state index contributed by atoms with van der Waals surface area (Å²) in [5.41, 5.74) is 6.64. The molecule has 0 fully saturated rings. The Labute approximate surface area is 272 Å². The van der Waals surface area contributed by atoms with Crippen molar-refractivity contribution in [2.24, 2.45) is 11.7 Å². The molecule has 7 unspecified atom stereocenters. The van der Waals surface area contributed by atoms with E-state index in [0.717, 1.165) is 5.56 Å². The number of hydrogen-bond acceptors (Lipinski definition) is 10. The van der Waals surface area contributed by atoms with Gasteiger partial charge in [0.15, 0.2) is 0 Å². The van der Waals surface area contributed by atoms with E-state index >= 15 is 0 Å². The van der Waals surface area contributed by atoms with Crippen LogP contribution in [0.4, 0.5) is 0 Å². The van der Waals surface area contributed by atoms with Crippen LogP contribution in [-0.4, -0.2) is 110 Å². The number of nitrogens with two attached hydrogens (primary N) is 1. The maximum atomic E-state index is 12.3. The van der Waals surface area contributed by atoms with Crippen LogP contribution in [0, 0.1) is 5.92 Å². The zero-order valence-corrected chi connectivity index (χ0v) is 26.8. The van der Waals surface area contributed by atoms with Gasteiger partial charge in [-0.1, -0.05) is 50.6 Å². The molecule has 0 spiro atoms. The van der Waals surface area contributed by atoms with Crippen LogP contribution in [0.5, 0.6) is 0 Å². The summed E-state index contributed by atoms with van der Waals surface area (Å²) in [7, 11) is 0. The second kappa shape index (κ2) is 22.0. The van der Waals surface area contributed by atoms with E-state index in [2.05, 4.69) is 16.0 Å². The largest absolute Gasteiger partial charge is 0.481 e. The summed E-state index contributed by atoms with van der Waals surface area (Å²) in [4.78, 5) is 80.5. The van der Waals surface area contributed by atoms with Crippen LogP contribution in [0.25, 0.3) is 0 Å². The van der Waals surface area contributed by atoms with Gasteiger partial charge < -0.3 is 52.5 Å². The number of aliphatic hydroxyl groups is 2. The molecule has 1 rings (SSSR count). The molecule has 11 N–H and O–H groups in total. The number of rotatable bonds is 19. The lowest BCUT2D eigenvalue weighted by molar-refractivity contribution is -0.144. The molecule has 17 heteroatoms. The van der Waals surface area contributed by atoms with Gasteiger partial charge in [-0.05, 0) is 38.2 Å². The summed E-state index contributed by atoms with van der Waals surface area (Å²) >= 11 is 0. The highest BCUT2D eigenvalue weighted by atomic mass is 16.4. The second-order valence-electron chi connectivity index (χ2n) is 10.9. The molecule has 264 valence electrons. The van der Waals surface area contributed by atoms with Gasteiger partial charge in [0.1, 0.15) is 24.2 Å². The van der Waals surface area contributed by atoms with E-state index in [1.807, 2.05) is 12.2 Å². The molecule has 0 saturated heterocycles. The Bertz CT molecular complexity index is 1200. The average molecular weight is 670 g/mol. The zero-order chi connectivity index (χ0) is 36.3. The standard InChI is InChI=1S/C17H23N3O7.C13H24N2O5/c18-11(8-10-4-2-1-3-5-10)15(24)19-12(6-7-14(22)23)16(25)20-13(9-21)17(26)27;1-5-7(2)11(13(19)20)15-12(18)9(4)14-10(17)6-8(3)16/h1-5,11-13,21H,6-9,18H2,(H,19,24)(H,20,25)(H,22,23)(H,26,27);7-9,11,16H,5-6H2,1-4H3,(H,14,17)(H,15,18)(H,19,20). The monoisotopic (exact) mass is 669 g/mol. The van der Waals surface area contributed by atoms with E-state index in [1.54, 1.807) is 37.3 Å². The summed E-state index contributed by atoms with van der Waals surface area (Å²) in [5, 5.41) is 54.0. The first kappa shape index (κ1) is 42.4. The van der Waals surface area contributed by atoms with Crippen molar-refractivity contribution in [3.63, 3.8) is 0 Å². The lowest BCUT2D eigenvalue weighted by atomic mass is 9.99. The molecule has 0 aliphatic rings. The Morgan fingerprint density at radius 1 is 0.787 bits per heavy atom. The first-order chi connectivity index (χ1) is 21.9. The van der Waals surface area contributed by atoms with Crippen molar-refractivity contribution >= 4 is 41.5 Å². The second-order valence-corrected chi connectivity index (χ2v) is 10.9. The minimum Gasteiger partial charge on any atom is -0.481 e. The third-order valence-electron chi connectivity index (χ3n) is 6.74. The number of carbonyl (C=O) groups is 7. The summed E-state index contributed by atoms with van der Waals surface area (Å²) < 4.78 is 0. The van der Waals surface area contributed by atoms with Crippen molar-refractivity contribution in [1.82, 2.24) is 21.3 Å². The molecular weight excluding hydrogens is 622 g/mol. The molecule has 0 bridgehead atoms. The van der Waals surface area contributed by atoms with Crippen molar-refractivity contribution in [1.29, 1.82) is 0 Å². The average Bonchev–Trinajstić information content (AvgIpc) is 2.99. The number of benzene rings is 1. The Morgan fingerprint density at radius 2 is 1.36 bits per heavy atom. The van der Waals surface area contributed by atoms with Crippen molar-refractivity contribution in [2.75, 3.05) is 6.61 Å². The van der Waals surface area contributed by atoms with Gasteiger partial charge >= 0.3 is 17.9 Å².